The average molecular weight is 402 g/mol. The molecule has 0 fully saturated rings. The second-order valence-corrected chi connectivity index (χ2v) is 7.51. The summed E-state index contributed by atoms with van der Waals surface area (Å²) in [4.78, 5) is 28.5. The highest BCUT2D eigenvalue weighted by Gasteiger charge is 2.18. The van der Waals surface area contributed by atoms with Crippen molar-refractivity contribution in [2.45, 2.75) is 27.3 Å². The van der Waals surface area contributed by atoms with E-state index in [1.54, 1.807) is 17.0 Å². The summed E-state index contributed by atoms with van der Waals surface area (Å²) < 4.78 is 0. The Bertz CT molecular complexity index is 821. The molecule has 150 valence electrons. The fourth-order valence-electron chi connectivity index (χ4n) is 2.86. The highest BCUT2D eigenvalue weighted by atomic mass is 35.5. The van der Waals surface area contributed by atoms with Crippen LogP contribution in [0, 0.1) is 13.8 Å². The van der Waals surface area contributed by atoms with Gasteiger partial charge in [0, 0.05) is 23.8 Å². The summed E-state index contributed by atoms with van der Waals surface area (Å²) in [7, 11) is 1.90. The molecule has 5 nitrogen and oxygen atoms in total. The normalized spacial score (nSPS) is 10.8. The molecule has 0 radical (unpaired) electrons. The number of anilines is 1. The van der Waals surface area contributed by atoms with Crippen LogP contribution in [-0.2, 0) is 16.1 Å². The largest absolute Gasteiger partial charge is 0.333 e. The van der Waals surface area contributed by atoms with Gasteiger partial charge in [-0.25, -0.2) is 0 Å². The van der Waals surface area contributed by atoms with Crippen molar-refractivity contribution in [3.63, 3.8) is 0 Å². The Morgan fingerprint density at radius 2 is 1.71 bits per heavy atom. The first-order chi connectivity index (χ1) is 13.3. The zero-order valence-corrected chi connectivity index (χ0v) is 17.7. The third-order valence-electron chi connectivity index (χ3n) is 4.52. The van der Waals surface area contributed by atoms with Gasteiger partial charge in [-0.2, -0.15) is 0 Å². The van der Waals surface area contributed by atoms with E-state index >= 15 is 0 Å². The van der Waals surface area contributed by atoms with Crippen molar-refractivity contribution in [2.24, 2.45) is 0 Å². The molecule has 2 aromatic carbocycles. The van der Waals surface area contributed by atoms with Crippen LogP contribution < -0.4 is 5.32 Å². The van der Waals surface area contributed by atoms with E-state index in [0.717, 1.165) is 11.1 Å². The van der Waals surface area contributed by atoms with E-state index < -0.39 is 0 Å². The van der Waals surface area contributed by atoms with E-state index in [1.165, 1.54) is 5.56 Å². The first-order valence-electron chi connectivity index (χ1n) is 9.36. The van der Waals surface area contributed by atoms with Gasteiger partial charge in [0.2, 0.25) is 11.8 Å². The van der Waals surface area contributed by atoms with Gasteiger partial charge in [0.05, 0.1) is 13.1 Å². The zero-order chi connectivity index (χ0) is 20.7. The number of benzene rings is 2. The Morgan fingerprint density at radius 3 is 2.36 bits per heavy atom. The molecular formula is C22H28ClN3O2. The Morgan fingerprint density at radius 1 is 1.04 bits per heavy atom. The molecule has 0 unspecified atom stereocenters. The number of aryl methyl sites for hydroxylation is 2. The third-order valence-corrected chi connectivity index (χ3v) is 4.76. The number of hydrogen-bond donors (Lipinski definition) is 1. The lowest BCUT2D eigenvalue weighted by Crippen LogP contribution is -2.42. The van der Waals surface area contributed by atoms with Gasteiger partial charge in [0.1, 0.15) is 0 Å². The molecule has 0 atom stereocenters. The summed E-state index contributed by atoms with van der Waals surface area (Å²) in [6.45, 7) is 7.23. The van der Waals surface area contributed by atoms with Crippen LogP contribution >= 0.6 is 11.6 Å². The lowest BCUT2D eigenvalue weighted by atomic mass is 10.1. The summed E-state index contributed by atoms with van der Waals surface area (Å²) in [5.41, 5.74) is 3.95. The predicted molar refractivity (Wildman–Crippen MR) is 115 cm³/mol. The smallest absolute Gasteiger partial charge is 0.244 e. The van der Waals surface area contributed by atoms with Crippen molar-refractivity contribution in [1.82, 2.24) is 9.80 Å². The van der Waals surface area contributed by atoms with Crippen molar-refractivity contribution in [3.05, 3.63) is 64.2 Å². The van der Waals surface area contributed by atoms with E-state index in [-0.39, 0.29) is 24.9 Å². The number of halogens is 1. The topological polar surface area (TPSA) is 52.7 Å². The number of rotatable bonds is 8. The molecule has 0 saturated carbocycles. The quantitative estimate of drug-likeness (QED) is 0.730. The third kappa shape index (κ3) is 6.66. The van der Waals surface area contributed by atoms with Gasteiger partial charge in [0.15, 0.2) is 0 Å². The van der Waals surface area contributed by atoms with Crippen molar-refractivity contribution < 1.29 is 9.59 Å². The van der Waals surface area contributed by atoms with Crippen molar-refractivity contribution >= 4 is 29.1 Å². The zero-order valence-electron chi connectivity index (χ0n) is 17.0. The van der Waals surface area contributed by atoms with E-state index in [4.69, 9.17) is 11.6 Å². The molecule has 2 rings (SSSR count). The molecule has 0 bridgehead atoms. The van der Waals surface area contributed by atoms with Gasteiger partial charge in [-0.05, 0) is 51.1 Å². The van der Waals surface area contributed by atoms with Crippen LogP contribution in [0.25, 0.3) is 0 Å². The number of carbonyl (C=O) groups excluding carboxylic acids is 2. The van der Waals surface area contributed by atoms with Crippen LogP contribution in [-0.4, -0.2) is 48.3 Å². The number of likely N-dealkylation sites (N-methyl/N-ethyl adjacent to an activating group) is 2. The SMILES string of the molecule is CCN(CC(=O)Nc1cc(Cl)ccc1C)C(=O)CN(C)Cc1ccc(C)cc1. The van der Waals surface area contributed by atoms with Crippen LogP contribution in [0.4, 0.5) is 5.69 Å². The number of amides is 2. The van der Waals surface area contributed by atoms with Gasteiger partial charge in [-0.15, -0.1) is 0 Å². The summed E-state index contributed by atoms with van der Waals surface area (Å²) in [6.07, 6.45) is 0. The van der Waals surface area contributed by atoms with E-state index in [2.05, 4.69) is 29.6 Å². The summed E-state index contributed by atoms with van der Waals surface area (Å²) in [6, 6.07) is 13.6. The molecule has 28 heavy (non-hydrogen) atoms. The van der Waals surface area contributed by atoms with Gasteiger partial charge in [-0.3, -0.25) is 14.5 Å². The van der Waals surface area contributed by atoms with Crippen molar-refractivity contribution in [1.29, 1.82) is 0 Å². The van der Waals surface area contributed by atoms with Crippen molar-refractivity contribution in [2.75, 3.05) is 32.0 Å². The lowest BCUT2D eigenvalue weighted by molar-refractivity contribution is -0.135. The molecule has 0 aliphatic carbocycles. The second kappa shape index (κ2) is 10.2. The number of nitrogens with one attached hydrogen (secondary N) is 1. The van der Waals surface area contributed by atoms with Crippen LogP contribution in [0.15, 0.2) is 42.5 Å². The maximum Gasteiger partial charge on any atom is 0.244 e. The minimum atomic E-state index is -0.234. The maximum absolute atomic E-state index is 12.6. The number of hydrogen-bond acceptors (Lipinski definition) is 3. The van der Waals surface area contributed by atoms with Crippen LogP contribution in [0.3, 0.4) is 0 Å². The molecule has 0 spiro atoms. The minimum absolute atomic E-state index is 0.0135. The molecule has 0 heterocycles. The molecule has 1 N–H and O–H groups in total. The maximum atomic E-state index is 12.6. The predicted octanol–water partition coefficient (Wildman–Crippen LogP) is 3.88. The molecule has 0 aliphatic rings. The molecular weight excluding hydrogens is 374 g/mol. The monoisotopic (exact) mass is 401 g/mol. The fraction of sp³-hybridized carbons (Fsp3) is 0.364. The summed E-state index contributed by atoms with van der Waals surface area (Å²) >= 11 is 5.99. The van der Waals surface area contributed by atoms with Crippen molar-refractivity contribution in [3.8, 4) is 0 Å². The van der Waals surface area contributed by atoms with Gasteiger partial charge in [0.25, 0.3) is 0 Å². The van der Waals surface area contributed by atoms with E-state index in [1.807, 2.05) is 38.8 Å². The molecule has 0 aliphatic heterocycles. The summed E-state index contributed by atoms with van der Waals surface area (Å²) in [5, 5.41) is 3.40. The van der Waals surface area contributed by atoms with Crippen LogP contribution in [0.2, 0.25) is 5.02 Å². The summed E-state index contributed by atoms with van der Waals surface area (Å²) in [5.74, 6) is -0.308. The van der Waals surface area contributed by atoms with Crippen LogP contribution in [0.1, 0.15) is 23.6 Å². The highest BCUT2D eigenvalue weighted by molar-refractivity contribution is 6.31. The highest BCUT2D eigenvalue weighted by Crippen LogP contribution is 2.20. The van der Waals surface area contributed by atoms with E-state index in [0.29, 0.717) is 23.8 Å². The first-order valence-corrected chi connectivity index (χ1v) is 9.74. The number of carbonyl (C=O) groups is 2. The Hall–Kier alpha value is -2.37. The Balaban J connectivity index is 1.90. The average Bonchev–Trinajstić information content (AvgIpc) is 2.64. The second-order valence-electron chi connectivity index (χ2n) is 7.07. The van der Waals surface area contributed by atoms with Gasteiger partial charge >= 0.3 is 0 Å². The fourth-order valence-corrected chi connectivity index (χ4v) is 3.03. The van der Waals surface area contributed by atoms with Gasteiger partial charge < -0.3 is 10.2 Å². The van der Waals surface area contributed by atoms with Gasteiger partial charge in [-0.1, -0.05) is 47.5 Å². The first kappa shape index (κ1) is 21.9. The number of nitrogens with zero attached hydrogens (tertiary/aromatic N) is 2. The molecule has 6 heteroatoms. The van der Waals surface area contributed by atoms with Crippen LogP contribution in [0.5, 0.6) is 0 Å². The standard InChI is InChI=1S/C22H28ClN3O2/c1-5-26(14-21(27)24-20-12-19(23)11-8-17(20)3)22(28)15-25(4)13-18-9-6-16(2)7-10-18/h6-12H,5,13-15H2,1-4H3,(H,24,27). The Labute approximate surface area is 172 Å². The lowest BCUT2D eigenvalue weighted by Gasteiger charge is -2.24. The molecule has 2 amide bonds. The molecule has 0 aromatic heterocycles. The molecule has 2 aromatic rings. The molecule has 0 saturated heterocycles. The minimum Gasteiger partial charge on any atom is -0.333 e. The Kier molecular flexibility index (Phi) is 8.03. The van der Waals surface area contributed by atoms with E-state index in [9.17, 15) is 9.59 Å².